The molecular weight excluding hydrogens is 270 g/mol. The number of amides is 1. The van der Waals surface area contributed by atoms with Crippen molar-refractivity contribution in [2.24, 2.45) is 5.73 Å². The maximum Gasteiger partial charge on any atom is 0.237 e. The summed E-state index contributed by atoms with van der Waals surface area (Å²) in [6.45, 7) is 3.61. The van der Waals surface area contributed by atoms with Crippen LogP contribution in [-0.2, 0) is 16.1 Å². The third kappa shape index (κ3) is 3.32. The number of carbonyl (C=O) groups is 1. The first-order chi connectivity index (χ1) is 10.1. The molecule has 1 fully saturated rings. The van der Waals surface area contributed by atoms with Crippen LogP contribution in [0.15, 0.2) is 18.2 Å². The van der Waals surface area contributed by atoms with Crippen LogP contribution in [0, 0.1) is 11.3 Å². The number of nitrogens with zero attached hydrogens (tertiary/aromatic N) is 2. The van der Waals surface area contributed by atoms with Gasteiger partial charge in [-0.3, -0.25) is 9.69 Å². The first kappa shape index (κ1) is 15.3. The van der Waals surface area contributed by atoms with E-state index in [1.54, 1.807) is 6.07 Å². The lowest BCUT2D eigenvalue weighted by molar-refractivity contribution is -0.136. The lowest BCUT2D eigenvalue weighted by atomic mass is 10.1. The number of nitriles is 1. The van der Waals surface area contributed by atoms with Crippen LogP contribution in [0.2, 0.25) is 0 Å². The second-order valence-corrected chi connectivity index (χ2v) is 5.04. The van der Waals surface area contributed by atoms with E-state index in [0.717, 1.165) is 5.56 Å². The molecule has 0 aromatic heterocycles. The average Bonchev–Trinajstić information content (AvgIpc) is 2.46. The van der Waals surface area contributed by atoms with Crippen LogP contribution < -0.4 is 10.5 Å². The van der Waals surface area contributed by atoms with Crippen molar-refractivity contribution in [3.05, 3.63) is 29.3 Å². The van der Waals surface area contributed by atoms with Crippen LogP contribution in [0.1, 0.15) is 18.1 Å². The molecule has 2 N–H and O–H groups in total. The van der Waals surface area contributed by atoms with E-state index in [1.807, 2.05) is 24.0 Å². The zero-order valence-corrected chi connectivity index (χ0v) is 12.2. The van der Waals surface area contributed by atoms with E-state index < -0.39 is 6.04 Å². The largest absolute Gasteiger partial charge is 0.495 e. The summed E-state index contributed by atoms with van der Waals surface area (Å²) in [6.07, 6.45) is -0.225. The number of hydrogen-bond donors (Lipinski definition) is 1. The molecule has 112 valence electrons. The average molecular weight is 289 g/mol. The Labute approximate surface area is 124 Å². The maximum absolute atomic E-state index is 11.6. The van der Waals surface area contributed by atoms with Crippen LogP contribution in [0.3, 0.4) is 0 Å². The Hall–Kier alpha value is -2.10. The molecule has 0 saturated carbocycles. The predicted octanol–water partition coefficient (Wildman–Crippen LogP) is 0.641. The van der Waals surface area contributed by atoms with E-state index in [1.165, 1.54) is 7.11 Å². The summed E-state index contributed by atoms with van der Waals surface area (Å²) in [6, 6.07) is 7.03. The molecule has 1 aliphatic rings. The Bertz CT molecular complexity index is 568. The SMILES string of the molecule is COc1cc(CN2CCO[C@H](C)[C@H]2C(N)=O)ccc1C#N. The van der Waals surface area contributed by atoms with E-state index in [4.69, 9.17) is 20.5 Å². The normalized spacial score (nSPS) is 22.5. The van der Waals surface area contributed by atoms with E-state index in [2.05, 4.69) is 6.07 Å². The first-order valence-electron chi connectivity index (χ1n) is 6.78. The van der Waals surface area contributed by atoms with Gasteiger partial charge < -0.3 is 15.2 Å². The van der Waals surface area contributed by atoms with Crippen LogP contribution >= 0.6 is 0 Å². The van der Waals surface area contributed by atoms with Gasteiger partial charge >= 0.3 is 0 Å². The molecule has 1 amide bonds. The number of methoxy groups -OCH3 is 1. The number of benzene rings is 1. The van der Waals surface area contributed by atoms with Crippen molar-refractivity contribution in [2.75, 3.05) is 20.3 Å². The molecule has 0 spiro atoms. The van der Waals surface area contributed by atoms with Crippen molar-refractivity contribution in [3.8, 4) is 11.8 Å². The Morgan fingerprint density at radius 3 is 3.00 bits per heavy atom. The minimum Gasteiger partial charge on any atom is -0.495 e. The zero-order valence-electron chi connectivity index (χ0n) is 12.2. The molecule has 0 unspecified atom stereocenters. The van der Waals surface area contributed by atoms with Crippen molar-refractivity contribution >= 4 is 5.91 Å². The van der Waals surface area contributed by atoms with Crippen molar-refractivity contribution < 1.29 is 14.3 Å². The molecule has 1 aromatic rings. The topological polar surface area (TPSA) is 88.6 Å². The molecule has 0 bridgehead atoms. The molecule has 1 aromatic carbocycles. The second kappa shape index (κ2) is 6.57. The fourth-order valence-electron chi connectivity index (χ4n) is 2.63. The van der Waals surface area contributed by atoms with Gasteiger partial charge in [0.25, 0.3) is 0 Å². The minimum absolute atomic E-state index is 0.225. The van der Waals surface area contributed by atoms with E-state index in [9.17, 15) is 4.79 Å². The number of rotatable bonds is 4. The van der Waals surface area contributed by atoms with Crippen LogP contribution in [0.5, 0.6) is 5.75 Å². The minimum atomic E-state index is -0.444. The molecule has 1 aliphatic heterocycles. The quantitative estimate of drug-likeness (QED) is 0.878. The maximum atomic E-state index is 11.6. The molecule has 2 atom stereocenters. The fraction of sp³-hybridized carbons (Fsp3) is 0.467. The lowest BCUT2D eigenvalue weighted by Crippen LogP contribution is -2.56. The molecule has 1 heterocycles. The zero-order chi connectivity index (χ0) is 15.4. The van der Waals surface area contributed by atoms with Gasteiger partial charge in [-0.25, -0.2) is 0 Å². The summed E-state index contributed by atoms with van der Waals surface area (Å²) in [5, 5.41) is 8.99. The van der Waals surface area contributed by atoms with Crippen molar-refractivity contribution in [2.45, 2.75) is 25.6 Å². The van der Waals surface area contributed by atoms with Crippen LogP contribution in [-0.4, -0.2) is 43.2 Å². The van der Waals surface area contributed by atoms with Gasteiger partial charge in [0.05, 0.1) is 25.4 Å². The summed E-state index contributed by atoms with van der Waals surface area (Å²) >= 11 is 0. The third-order valence-electron chi connectivity index (χ3n) is 3.66. The summed E-state index contributed by atoms with van der Waals surface area (Å²) in [4.78, 5) is 13.6. The molecule has 21 heavy (non-hydrogen) atoms. The van der Waals surface area contributed by atoms with E-state index in [0.29, 0.717) is 31.0 Å². The highest BCUT2D eigenvalue weighted by atomic mass is 16.5. The van der Waals surface area contributed by atoms with Gasteiger partial charge in [-0.05, 0) is 24.6 Å². The summed E-state index contributed by atoms with van der Waals surface area (Å²) in [7, 11) is 1.53. The standard InChI is InChI=1S/C15H19N3O3/c1-10-14(15(17)19)18(5-6-21-10)9-11-3-4-12(8-16)13(7-11)20-2/h3-4,7,10,14H,5-6,9H2,1-2H3,(H2,17,19)/t10-,14+/m1/s1. The predicted molar refractivity (Wildman–Crippen MR) is 76.5 cm³/mol. The number of morpholine rings is 1. The summed E-state index contributed by atoms with van der Waals surface area (Å²) in [5.41, 5.74) is 6.93. The molecule has 1 saturated heterocycles. The van der Waals surface area contributed by atoms with Crippen LogP contribution in [0.4, 0.5) is 0 Å². The third-order valence-corrected chi connectivity index (χ3v) is 3.66. The highest BCUT2D eigenvalue weighted by Crippen LogP contribution is 2.22. The molecular formula is C15H19N3O3. The number of hydrogen-bond acceptors (Lipinski definition) is 5. The summed E-state index contributed by atoms with van der Waals surface area (Å²) < 4.78 is 10.7. The monoisotopic (exact) mass is 289 g/mol. The highest BCUT2D eigenvalue weighted by Gasteiger charge is 2.33. The van der Waals surface area contributed by atoms with E-state index >= 15 is 0 Å². The smallest absolute Gasteiger partial charge is 0.237 e. The number of primary amides is 1. The number of ether oxygens (including phenoxy) is 2. The fourth-order valence-corrected chi connectivity index (χ4v) is 2.63. The van der Waals surface area contributed by atoms with Gasteiger partial charge in [0.2, 0.25) is 5.91 Å². The lowest BCUT2D eigenvalue weighted by Gasteiger charge is -2.37. The van der Waals surface area contributed by atoms with Crippen molar-refractivity contribution in [1.29, 1.82) is 5.26 Å². The Morgan fingerprint density at radius 2 is 2.38 bits per heavy atom. The Balaban J connectivity index is 2.20. The highest BCUT2D eigenvalue weighted by molar-refractivity contribution is 5.80. The van der Waals surface area contributed by atoms with Gasteiger partial charge in [0.1, 0.15) is 17.9 Å². The van der Waals surface area contributed by atoms with Gasteiger partial charge in [-0.1, -0.05) is 6.07 Å². The second-order valence-electron chi connectivity index (χ2n) is 5.04. The van der Waals surface area contributed by atoms with Gasteiger partial charge in [-0.2, -0.15) is 5.26 Å². The van der Waals surface area contributed by atoms with Crippen molar-refractivity contribution in [3.63, 3.8) is 0 Å². The molecule has 6 heteroatoms. The summed E-state index contributed by atoms with van der Waals surface area (Å²) in [5.74, 6) is 0.148. The van der Waals surface area contributed by atoms with Gasteiger partial charge in [0, 0.05) is 13.1 Å². The molecule has 0 radical (unpaired) electrons. The molecule has 2 rings (SSSR count). The number of nitrogens with two attached hydrogens (primary N) is 1. The van der Waals surface area contributed by atoms with Crippen LogP contribution in [0.25, 0.3) is 0 Å². The first-order valence-corrected chi connectivity index (χ1v) is 6.78. The molecule has 6 nitrogen and oxygen atoms in total. The molecule has 0 aliphatic carbocycles. The van der Waals surface area contributed by atoms with E-state index in [-0.39, 0.29) is 12.0 Å². The van der Waals surface area contributed by atoms with Gasteiger partial charge in [-0.15, -0.1) is 0 Å². The number of carbonyl (C=O) groups excluding carboxylic acids is 1. The Morgan fingerprint density at radius 1 is 1.62 bits per heavy atom. The van der Waals surface area contributed by atoms with Gasteiger partial charge in [0.15, 0.2) is 0 Å². The Kier molecular flexibility index (Phi) is 4.78. The van der Waals surface area contributed by atoms with Crippen molar-refractivity contribution in [1.82, 2.24) is 4.90 Å².